The maximum atomic E-state index is 11.9. The molecule has 0 aliphatic heterocycles. The molecule has 0 bridgehead atoms. The minimum atomic E-state index is -1.07. The Labute approximate surface area is 102 Å². The number of nitrogens with zero attached hydrogens (tertiary/aromatic N) is 1. The van der Waals surface area contributed by atoms with Gasteiger partial charge in [-0.25, -0.2) is 4.79 Å². The van der Waals surface area contributed by atoms with Crippen LogP contribution in [0.2, 0.25) is 0 Å². The molecule has 94 valence electrons. The van der Waals surface area contributed by atoms with Crippen molar-refractivity contribution in [2.45, 2.75) is 12.0 Å². The van der Waals surface area contributed by atoms with Crippen molar-refractivity contribution in [1.82, 2.24) is 4.90 Å². The van der Waals surface area contributed by atoms with E-state index in [1.54, 1.807) is 0 Å². The summed E-state index contributed by atoms with van der Waals surface area (Å²) in [5.41, 5.74) is 5.94. The SMILES string of the molecule is COC(=O)C(N)(CCN(C)C)c1ccccc1. The van der Waals surface area contributed by atoms with Gasteiger partial charge in [-0.1, -0.05) is 30.3 Å². The lowest BCUT2D eigenvalue weighted by Crippen LogP contribution is -2.47. The Balaban J connectivity index is 2.98. The Kier molecular flexibility index (Phi) is 4.66. The Hall–Kier alpha value is -1.39. The monoisotopic (exact) mass is 236 g/mol. The molecule has 0 fully saturated rings. The van der Waals surface area contributed by atoms with E-state index in [0.717, 1.165) is 12.1 Å². The number of carbonyl (C=O) groups is 1. The second-order valence-electron chi connectivity index (χ2n) is 4.38. The van der Waals surface area contributed by atoms with Gasteiger partial charge in [0.1, 0.15) is 5.54 Å². The normalized spacial score (nSPS) is 14.4. The fourth-order valence-electron chi connectivity index (χ4n) is 1.68. The second-order valence-corrected chi connectivity index (χ2v) is 4.38. The molecule has 1 atom stereocenters. The van der Waals surface area contributed by atoms with Crippen LogP contribution in [0.15, 0.2) is 30.3 Å². The van der Waals surface area contributed by atoms with Crippen molar-refractivity contribution in [3.8, 4) is 0 Å². The number of carbonyl (C=O) groups excluding carboxylic acids is 1. The van der Waals surface area contributed by atoms with Gasteiger partial charge in [0.15, 0.2) is 0 Å². The summed E-state index contributed by atoms with van der Waals surface area (Å²) in [7, 11) is 5.26. The summed E-state index contributed by atoms with van der Waals surface area (Å²) in [5.74, 6) is -0.398. The number of methoxy groups -OCH3 is 1. The van der Waals surface area contributed by atoms with Crippen LogP contribution in [0.1, 0.15) is 12.0 Å². The Morgan fingerprint density at radius 1 is 1.35 bits per heavy atom. The van der Waals surface area contributed by atoms with Gasteiger partial charge in [-0.15, -0.1) is 0 Å². The number of nitrogens with two attached hydrogens (primary N) is 1. The maximum absolute atomic E-state index is 11.9. The molecule has 0 saturated carbocycles. The molecule has 1 rings (SSSR count). The lowest BCUT2D eigenvalue weighted by molar-refractivity contribution is -0.147. The van der Waals surface area contributed by atoms with E-state index in [2.05, 4.69) is 0 Å². The van der Waals surface area contributed by atoms with E-state index >= 15 is 0 Å². The molecule has 17 heavy (non-hydrogen) atoms. The van der Waals surface area contributed by atoms with Crippen LogP contribution in [0.3, 0.4) is 0 Å². The molecule has 0 radical (unpaired) electrons. The van der Waals surface area contributed by atoms with Gasteiger partial charge in [-0.2, -0.15) is 0 Å². The van der Waals surface area contributed by atoms with Crippen LogP contribution >= 0.6 is 0 Å². The number of rotatable bonds is 5. The highest BCUT2D eigenvalue weighted by Gasteiger charge is 2.36. The predicted molar refractivity (Wildman–Crippen MR) is 67.5 cm³/mol. The highest BCUT2D eigenvalue weighted by atomic mass is 16.5. The van der Waals surface area contributed by atoms with Crippen molar-refractivity contribution in [2.75, 3.05) is 27.7 Å². The minimum Gasteiger partial charge on any atom is -0.467 e. The molecule has 1 unspecified atom stereocenters. The van der Waals surface area contributed by atoms with Crippen LogP contribution in [-0.4, -0.2) is 38.6 Å². The van der Waals surface area contributed by atoms with Crippen LogP contribution in [0, 0.1) is 0 Å². The van der Waals surface area contributed by atoms with Crippen molar-refractivity contribution < 1.29 is 9.53 Å². The zero-order valence-corrected chi connectivity index (χ0v) is 10.6. The van der Waals surface area contributed by atoms with Gasteiger partial charge in [0, 0.05) is 6.54 Å². The highest BCUT2D eigenvalue weighted by molar-refractivity contribution is 5.82. The van der Waals surface area contributed by atoms with Gasteiger partial charge in [-0.3, -0.25) is 0 Å². The van der Waals surface area contributed by atoms with Gasteiger partial charge in [0.05, 0.1) is 7.11 Å². The lowest BCUT2D eigenvalue weighted by atomic mass is 9.87. The molecule has 0 aliphatic carbocycles. The molecule has 0 spiro atoms. The van der Waals surface area contributed by atoms with E-state index < -0.39 is 11.5 Å². The van der Waals surface area contributed by atoms with Crippen molar-refractivity contribution in [2.24, 2.45) is 5.73 Å². The van der Waals surface area contributed by atoms with Crippen molar-refractivity contribution in [1.29, 1.82) is 0 Å². The van der Waals surface area contributed by atoms with E-state index in [4.69, 9.17) is 10.5 Å². The average molecular weight is 236 g/mol. The Bertz CT molecular complexity index is 365. The standard InChI is InChI=1S/C13H20N2O2/c1-15(2)10-9-13(14,12(16)17-3)11-7-5-4-6-8-11/h4-8H,9-10,14H2,1-3H3. The maximum Gasteiger partial charge on any atom is 0.330 e. The third-order valence-electron chi connectivity index (χ3n) is 2.79. The molecular formula is C13H20N2O2. The topological polar surface area (TPSA) is 55.6 Å². The summed E-state index contributed by atoms with van der Waals surface area (Å²) in [5, 5.41) is 0. The number of esters is 1. The first kappa shape index (κ1) is 13.7. The molecular weight excluding hydrogens is 216 g/mol. The molecule has 0 saturated heterocycles. The molecule has 0 amide bonds. The van der Waals surface area contributed by atoms with Gasteiger partial charge in [0.2, 0.25) is 0 Å². The van der Waals surface area contributed by atoms with Crippen LogP contribution < -0.4 is 5.73 Å². The first-order valence-electron chi connectivity index (χ1n) is 5.58. The zero-order valence-electron chi connectivity index (χ0n) is 10.6. The third kappa shape index (κ3) is 3.28. The van der Waals surface area contributed by atoms with Crippen LogP contribution in [0.5, 0.6) is 0 Å². The van der Waals surface area contributed by atoms with Gasteiger partial charge >= 0.3 is 5.97 Å². The number of benzene rings is 1. The fourth-order valence-corrected chi connectivity index (χ4v) is 1.68. The molecule has 2 N–H and O–H groups in total. The van der Waals surface area contributed by atoms with Gasteiger partial charge < -0.3 is 15.4 Å². The number of ether oxygens (including phenoxy) is 1. The number of hydrogen-bond donors (Lipinski definition) is 1. The second kappa shape index (κ2) is 5.80. The molecule has 0 heterocycles. The van der Waals surface area contributed by atoms with Crippen LogP contribution in [0.4, 0.5) is 0 Å². The molecule has 0 aromatic heterocycles. The summed E-state index contributed by atoms with van der Waals surface area (Å²) >= 11 is 0. The summed E-state index contributed by atoms with van der Waals surface area (Å²) in [6.45, 7) is 0.723. The molecule has 1 aromatic carbocycles. The van der Waals surface area contributed by atoms with Crippen LogP contribution in [-0.2, 0) is 15.1 Å². The first-order chi connectivity index (χ1) is 8.00. The van der Waals surface area contributed by atoms with Crippen molar-refractivity contribution in [3.63, 3.8) is 0 Å². The molecule has 4 nitrogen and oxygen atoms in total. The quantitative estimate of drug-likeness (QED) is 0.774. The lowest BCUT2D eigenvalue weighted by Gasteiger charge is -2.28. The Morgan fingerprint density at radius 2 is 1.94 bits per heavy atom. The van der Waals surface area contributed by atoms with E-state index in [1.165, 1.54) is 7.11 Å². The third-order valence-corrected chi connectivity index (χ3v) is 2.79. The van der Waals surface area contributed by atoms with E-state index in [1.807, 2.05) is 49.3 Å². The Morgan fingerprint density at radius 3 is 2.41 bits per heavy atom. The molecule has 1 aromatic rings. The van der Waals surface area contributed by atoms with Crippen molar-refractivity contribution >= 4 is 5.97 Å². The van der Waals surface area contributed by atoms with Crippen LogP contribution in [0.25, 0.3) is 0 Å². The summed E-state index contributed by atoms with van der Waals surface area (Å²) in [4.78, 5) is 13.9. The fraction of sp³-hybridized carbons (Fsp3) is 0.462. The average Bonchev–Trinajstić information content (AvgIpc) is 2.36. The molecule has 4 heteroatoms. The van der Waals surface area contributed by atoms with Crippen molar-refractivity contribution in [3.05, 3.63) is 35.9 Å². The van der Waals surface area contributed by atoms with Gasteiger partial charge in [0.25, 0.3) is 0 Å². The summed E-state index contributed by atoms with van der Waals surface area (Å²) in [6.07, 6.45) is 0.524. The van der Waals surface area contributed by atoms with E-state index in [9.17, 15) is 4.79 Å². The summed E-state index contributed by atoms with van der Waals surface area (Å²) in [6, 6.07) is 9.34. The highest BCUT2D eigenvalue weighted by Crippen LogP contribution is 2.23. The number of hydrogen-bond acceptors (Lipinski definition) is 4. The summed E-state index contributed by atoms with van der Waals surface area (Å²) < 4.78 is 4.82. The first-order valence-corrected chi connectivity index (χ1v) is 5.58. The molecule has 0 aliphatic rings. The van der Waals surface area contributed by atoms with E-state index in [0.29, 0.717) is 6.42 Å². The van der Waals surface area contributed by atoms with E-state index in [-0.39, 0.29) is 0 Å². The van der Waals surface area contributed by atoms with Gasteiger partial charge in [-0.05, 0) is 26.1 Å². The largest absolute Gasteiger partial charge is 0.467 e. The smallest absolute Gasteiger partial charge is 0.330 e. The minimum absolute atomic E-state index is 0.398. The predicted octanol–water partition coefficient (Wildman–Crippen LogP) is 0.965. The zero-order chi connectivity index (χ0) is 12.9.